The van der Waals surface area contributed by atoms with Crippen molar-refractivity contribution < 1.29 is 38.9 Å². The topological polar surface area (TPSA) is 134 Å². The number of carbonyl (C=O) groups excluding carboxylic acids is 2. The molecule has 0 atom stereocenters. The Balaban J connectivity index is 2.74. The third kappa shape index (κ3) is 7.55. The van der Waals surface area contributed by atoms with Crippen LogP contribution in [0.4, 0.5) is 0 Å². The van der Waals surface area contributed by atoms with E-state index in [1.54, 1.807) is 0 Å². The van der Waals surface area contributed by atoms with Crippen molar-refractivity contribution in [1.29, 1.82) is 0 Å². The number of carboxylic acids is 2. The molecule has 0 amide bonds. The van der Waals surface area contributed by atoms with Gasteiger partial charge in [-0.3, -0.25) is 29.0 Å². The lowest BCUT2D eigenvalue weighted by molar-refractivity contribution is -0.156. The molecule has 124 valence electrons. The Kier molecular flexibility index (Phi) is 7.26. The van der Waals surface area contributed by atoms with Gasteiger partial charge >= 0.3 is 23.9 Å². The Labute approximate surface area is 126 Å². The summed E-state index contributed by atoms with van der Waals surface area (Å²) < 4.78 is 9.62. The number of hydrogen-bond acceptors (Lipinski definition) is 8. The van der Waals surface area contributed by atoms with E-state index in [-0.39, 0.29) is 52.5 Å². The van der Waals surface area contributed by atoms with Crippen molar-refractivity contribution in [3.63, 3.8) is 0 Å². The second-order valence-corrected chi connectivity index (χ2v) is 4.65. The van der Waals surface area contributed by atoms with Crippen LogP contribution in [0.2, 0.25) is 0 Å². The zero-order valence-corrected chi connectivity index (χ0v) is 11.9. The maximum Gasteiger partial charge on any atom is 0.320 e. The molecule has 2 N–H and O–H groups in total. The first-order chi connectivity index (χ1) is 10.4. The summed E-state index contributed by atoms with van der Waals surface area (Å²) in [6.07, 6.45) is 0. The van der Waals surface area contributed by atoms with Crippen molar-refractivity contribution in [3.05, 3.63) is 0 Å². The molecule has 1 aliphatic rings. The summed E-state index contributed by atoms with van der Waals surface area (Å²) in [6.45, 7) is -1.32. The van der Waals surface area contributed by atoms with E-state index in [0.29, 0.717) is 0 Å². The average molecular weight is 318 g/mol. The Morgan fingerprint density at radius 2 is 1.23 bits per heavy atom. The molecule has 0 bridgehead atoms. The predicted molar refractivity (Wildman–Crippen MR) is 70.1 cm³/mol. The van der Waals surface area contributed by atoms with Gasteiger partial charge in [-0.25, -0.2) is 0 Å². The van der Waals surface area contributed by atoms with Gasteiger partial charge in [-0.05, 0) is 0 Å². The number of rotatable bonds is 4. The zero-order valence-electron chi connectivity index (χ0n) is 11.9. The van der Waals surface area contributed by atoms with Gasteiger partial charge in [-0.15, -0.1) is 0 Å². The van der Waals surface area contributed by atoms with E-state index in [0.717, 1.165) is 0 Å². The first kappa shape index (κ1) is 17.9. The number of esters is 2. The van der Waals surface area contributed by atoms with E-state index in [1.807, 2.05) is 0 Å². The molecule has 0 aromatic heterocycles. The van der Waals surface area contributed by atoms with Crippen LogP contribution in [0.3, 0.4) is 0 Å². The van der Waals surface area contributed by atoms with Gasteiger partial charge in [0.1, 0.15) is 13.2 Å². The van der Waals surface area contributed by atoms with Gasteiger partial charge in [0.05, 0.1) is 26.2 Å². The van der Waals surface area contributed by atoms with Crippen molar-refractivity contribution in [3.8, 4) is 0 Å². The van der Waals surface area contributed by atoms with E-state index >= 15 is 0 Å². The molecule has 1 rings (SSSR count). The molecule has 1 fully saturated rings. The molecule has 22 heavy (non-hydrogen) atoms. The highest BCUT2D eigenvalue weighted by Gasteiger charge is 2.20. The van der Waals surface area contributed by atoms with Gasteiger partial charge in [-0.2, -0.15) is 0 Å². The maximum absolute atomic E-state index is 11.5. The third-order valence-corrected chi connectivity index (χ3v) is 2.77. The van der Waals surface area contributed by atoms with Crippen molar-refractivity contribution in [1.82, 2.24) is 9.80 Å². The second kappa shape index (κ2) is 8.95. The number of ether oxygens (including phenoxy) is 2. The van der Waals surface area contributed by atoms with Crippen molar-refractivity contribution in [2.24, 2.45) is 0 Å². The van der Waals surface area contributed by atoms with Crippen LogP contribution in [-0.2, 0) is 28.7 Å². The van der Waals surface area contributed by atoms with Crippen molar-refractivity contribution >= 4 is 23.9 Å². The molecule has 0 unspecified atom stereocenters. The Morgan fingerprint density at radius 1 is 0.864 bits per heavy atom. The van der Waals surface area contributed by atoms with Crippen molar-refractivity contribution in [2.45, 2.75) is 0 Å². The molecule has 1 heterocycles. The van der Waals surface area contributed by atoms with E-state index < -0.39 is 23.9 Å². The van der Waals surface area contributed by atoms with Gasteiger partial charge in [0.25, 0.3) is 0 Å². The van der Waals surface area contributed by atoms with E-state index in [9.17, 15) is 19.2 Å². The fourth-order valence-corrected chi connectivity index (χ4v) is 1.86. The Bertz CT molecular complexity index is 399. The third-order valence-electron chi connectivity index (χ3n) is 2.77. The Hall–Kier alpha value is -2.20. The fraction of sp³-hybridized carbons (Fsp3) is 0.667. The summed E-state index contributed by atoms with van der Waals surface area (Å²) >= 11 is 0. The summed E-state index contributed by atoms with van der Waals surface area (Å²) in [4.78, 5) is 47.2. The minimum absolute atomic E-state index is 0.0992. The molecule has 0 aromatic rings. The summed E-state index contributed by atoms with van der Waals surface area (Å²) in [7, 11) is 0. The van der Waals surface area contributed by atoms with Crippen LogP contribution >= 0.6 is 0 Å². The van der Waals surface area contributed by atoms with Crippen LogP contribution in [0.5, 0.6) is 0 Å². The standard InChI is InChI=1S/C12H18N2O8/c15-9(16)5-13-1-2-14(6-10(17)18)8-12(20)22-4-3-21-11(19)7-13/h1-8H2,(H,15,16)(H,17,18). The number of hydrogen-bond donors (Lipinski definition) is 2. The molecule has 10 heteroatoms. The normalized spacial score (nSPS) is 19.5. The highest BCUT2D eigenvalue weighted by atomic mass is 16.6. The number of cyclic esters (lactones) is 2. The lowest BCUT2D eigenvalue weighted by Gasteiger charge is -2.25. The number of aliphatic carboxylic acids is 2. The van der Waals surface area contributed by atoms with Gasteiger partial charge in [-0.1, -0.05) is 0 Å². The lowest BCUT2D eigenvalue weighted by Crippen LogP contribution is -2.44. The zero-order chi connectivity index (χ0) is 16.5. The largest absolute Gasteiger partial charge is 0.480 e. The molecular formula is C12H18N2O8. The number of carbonyl (C=O) groups is 4. The number of nitrogens with zero attached hydrogens (tertiary/aromatic N) is 2. The first-order valence-electron chi connectivity index (χ1n) is 6.56. The summed E-state index contributed by atoms with van der Waals surface area (Å²) in [6, 6.07) is 0. The van der Waals surface area contributed by atoms with Crippen LogP contribution in [0.15, 0.2) is 0 Å². The van der Waals surface area contributed by atoms with Gasteiger partial charge in [0.2, 0.25) is 0 Å². The number of carboxylic acid groups (broad SMARTS) is 2. The van der Waals surface area contributed by atoms with Crippen LogP contribution in [0.1, 0.15) is 0 Å². The molecule has 10 nitrogen and oxygen atoms in total. The molecule has 1 aliphatic heterocycles. The van der Waals surface area contributed by atoms with Crippen molar-refractivity contribution in [2.75, 3.05) is 52.5 Å². The highest BCUT2D eigenvalue weighted by Crippen LogP contribution is 1.98. The van der Waals surface area contributed by atoms with Crippen LogP contribution in [0, 0.1) is 0 Å². The average Bonchev–Trinajstić information content (AvgIpc) is 2.38. The molecule has 1 saturated heterocycles. The maximum atomic E-state index is 11.5. The highest BCUT2D eigenvalue weighted by molar-refractivity contribution is 5.75. The minimum Gasteiger partial charge on any atom is -0.480 e. The Morgan fingerprint density at radius 3 is 1.55 bits per heavy atom. The van der Waals surface area contributed by atoms with Gasteiger partial charge < -0.3 is 19.7 Å². The fourth-order valence-electron chi connectivity index (χ4n) is 1.86. The lowest BCUT2D eigenvalue weighted by atomic mass is 10.3. The van der Waals surface area contributed by atoms with E-state index in [4.69, 9.17) is 19.7 Å². The molecule has 0 aromatic carbocycles. The monoisotopic (exact) mass is 318 g/mol. The smallest absolute Gasteiger partial charge is 0.320 e. The van der Waals surface area contributed by atoms with E-state index in [2.05, 4.69) is 0 Å². The molecular weight excluding hydrogens is 300 g/mol. The quantitative estimate of drug-likeness (QED) is 0.553. The molecule has 0 saturated carbocycles. The molecule has 0 aliphatic carbocycles. The first-order valence-corrected chi connectivity index (χ1v) is 6.56. The second-order valence-electron chi connectivity index (χ2n) is 4.65. The SMILES string of the molecule is O=C(O)CN1CCN(CC(=O)O)CC(=O)OCCOC(=O)C1. The molecule has 0 spiro atoms. The van der Waals surface area contributed by atoms with Crippen LogP contribution in [-0.4, -0.2) is 96.4 Å². The predicted octanol–water partition coefficient (Wildman–Crippen LogP) is -2.14. The van der Waals surface area contributed by atoms with Gasteiger partial charge in [0.15, 0.2) is 0 Å². The van der Waals surface area contributed by atoms with Gasteiger partial charge in [0, 0.05) is 13.1 Å². The molecule has 0 radical (unpaired) electrons. The van der Waals surface area contributed by atoms with Crippen LogP contribution < -0.4 is 0 Å². The summed E-state index contributed by atoms with van der Waals surface area (Å²) in [5.74, 6) is -3.52. The van der Waals surface area contributed by atoms with Crippen LogP contribution in [0.25, 0.3) is 0 Å². The summed E-state index contributed by atoms with van der Waals surface area (Å²) in [5.41, 5.74) is 0. The van der Waals surface area contributed by atoms with E-state index in [1.165, 1.54) is 9.80 Å². The minimum atomic E-state index is -1.12. The summed E-state index contributed by atoms with van der Waals surface area (Å²) in [5, 5.41) is 17.6.